The maximum absolute atomic E-state index is 6.35. The molecule has 4 bridgehead atoms. The van der Waals surface area contributed by atoms with Gasteiger partial charge in [0.1, 0.15) is 6.61 Å². The van der Waals surface area contributed by atoms with Crippen molar-refractivity contribution in [3.63, 3.8) is 0 Å². The number of hydrogen-bond donors (Lipinski definition) is 1. The van der Waals surface area contributed by atoms with Gasteiger partial charge in [-0.1, -0.05) is 41.4 Å². The van der Waals surface area contributed by atoms with Crippen molar-refractivity contribution >= 4 is 23.2 Å². The van der Waals surface area contributed by atoms with Crippen molar-refractivity contribution < 1.29 is 9.47 Å². The number of ether oxygens (including phenoxy) is 2. The smallest absolute Gasteiger partial charge is 0.166 e. The lowest BCUT2D eigenvalue weighted by atomic mass is 9.48. The molecule has 32 heavy (non-hydrogen) atoms. The second kappa shape index (κ2) is 9.08. The third-order valence-electron chi connectivity index (χ3n) is 8.27. The summed E-state index contributed by atoms with van der Waals surface area (Å²) in [7, 11) is 1.69. The Balaban J connectivity index is 1.29. The van der Waals surface area contributed by atoms with Gasteiger partial charge in [0, 0.05) is 33.8 Å². The first-order chi connectivity index (χ1) is 15.5. The summed E-state index contributed by atoms with van der Waals surface area (Å²) < 4.78 is 11.9. The van der Waals surface area contributed by atoms with Crippen molar-refractivity contribution in [2.75, 3.05) is 7.11 Å². The Kier molecular flexibility index (Phi) is 6.35. The van der Waals surface area contributed by atoms with E-state index < -0.39 is 0 Å². The van der Waals surface area contributed by atoms with Gasteiger partial charge in [-0.2, -0.15) is 0 Å². The molecule has 2 aromatic rings. The quantitative estimate of drug-likeness (QED) is 0.436. The van der Waals surface area contributed by atoms with Gasteiger partial charge in [-0.3, -0.25) is 0 Å². The van der Waals surface area contributed by atoms with Crippen LogP contribution in [-0.2, 0) is 13.2 Å². The molecule has 2 aromatic carbocycles. The normalized spacial score (nSPS) is 29.2. The molecule has 0 heterocycles. The average Bonchev–Trinajstić information content (AvgIpc) is 2.76. The zero-order valence-electron chi connectivity index (χ0n) is 19.0. The van der Waals surface area contributed by atoms with Crippen molar-refractivity contribution in [2.24, 2.45) is 23.2 Å². The Morgan fingerprint density at radius 3 is 2.31 bits per heavy atom. The maximum Gasteiger partial charge on any atom is 0.166 e. The zero-order chi connectivity index (χ0) is 22.3. The molecule has 4 saturated carbocycles. The van der Waals surface area contributed by atoms with Crippen molar-refractivity contribution in [1.29, 1.82) is 0 Å². The Morgan fingerprint density at radius 2 is 1.69 bits per heavy atom. The van der Waals surface area contributed by atoms with Crippen molar-refractivity contribution in [2.45, 2.75) is 64.6 Å². The lowest BCUT2D eigenvalue weighted by molar-refractivity contribution is -0.0706. The highest BCUT2D eigenvalue weighted by atomic mass is 35.5. The number of halogens is 2. The molecule has 6 rings (SSSR count). The summed E-state index contributed by atoms with van der Waals surface area (Å²) in [6, 6.07) is 12.1. The van der Waals surface area contributed by atoms with Crippen LogP contribution in [0.4, 0.5) is 0 Å². The molecule has 0 saturated heterocycles. The van der Waals surface area contributed by atoms with Crippen LogP contribution in [0.3, 0.4) is 0 Å². The van der Waals surface area contributed by atoms with Crippen LogP contribution in [0.2, 0.25) is 10.0 Å². The van der Waals surface area contributed by atoms with Gasteiger partial charge in [-0.25, -0.2) is 0 Å². The average molecular weight is 474 g/mol. The third kappa shape index (κ3) is 4.36. The van der Waals surface area contributed by atoms with Gasteiger partial charge < -0.3 is 14.8 Å². The Morgan fingerprint density at radius 1 is 1.00 bits per heavy atom. The molecule has 0 amide bonds. The molecule has 0 radical (unpaired) electrons. The van der Waals surface area contributed by atoms with E-state index in [2.05, 4.69) is 18.3 Å². The number of nitrogens with one attached hydrogen (secondary N) is 1. The zero-order valence-corrected chi connectivity index (χ0v) is 20.5. The van der Waals surface area contributed by atoms with Crippen LogP contribution in [-0.4, -0.2) is 13.2 Å². The molecule has 4 fully saturated rings. The lowest BCUT2D eigenvalue weighted by Gasteiger charge is -2.59. The van der Waals surface area contributed by atoms with Gasteiger partial charge in [0.2, 0.25) is 0 Å². The highest BCUT2D eigenvalue weighted by Crippen LogP contribution is 2.61. The third-order valence-corrected chi connectivity index (χ3v) is 8.86. The van der Waals surface area contributed by atoms with Crippen molar-refractivity contribution in [3.8, 4) is 11.5 Å². The van der Waals surface area contributed by atoms with E-state index in [0.717, 1.165) is 46.9 Å². The van der Waals surface area contributed by atoms with Gasteiger partial charge in [0.25, 0.3) is 0 Å². The second-order valence-corrected chi connectivity index (χ2v) is 11.2. The Bertz CT molecular complexity index is 941. The molecular weight excluding hydrogens is 441 g/mol. The Hall–Kier alpha value is -1.42. The summed E-state index contributed by atoms with van der Waals surface area (Å²) in [5.41, 5.74) is 2.50. The summed E-state index contributed by atoms with van der Waals surface area (Å²) >= 11 is 12.4. The van der Waals surface area contributed by atoms with E-state index >= 15 is 0 Å². The predicted octanol–water partition coefficient (Wildman–Crippen LogP) is 7.28. The van der Waals surface area contributed by atoms with Gasteiger partial charge >= 0.3 is 0 Å². The molecule has 5 heteroatoms. The summed E-state index contributed by atoms with van der Waals surface area (Å²) in [6.07, 6.45) is 8.66. The number of benzene rings is 2. The first-order valence-corrected chi connectivity index (χ1v) is 12.7. The molecule has 4 aliphatic carbocycles. The molecule has 0 spiro atoms. The van der Waals surface area contributed by atoms with Crippen LogP contribution in [0.5, 0.6) is 11.5 Å². The predicted molar refractivity (Wildman–Crippen MR) is 131 cm³/mol. The SMILES string of the molecule is COc1cccc(CN[C@H](C)C23CC4CC(CC(C4)C2)C3)c1OCc1ccc(Cl)cc1Cl. The molecule has 0 aliphatic heterocycles. The molecule has 4 aliphatic rings. The molecule has 172 valence electrons. The number of hydrogen-bond acceptors (Lipinski definition) is 3. The topological polar surface area (TPSA) is 30.5 Å². The van der Waals surface area contributed by atoms with Gasteiger partial charge in [-0.05, 0) is 86.8 Å². The van der Waals surface area contributed by atoms with Crippen molar-refractivity contribution in [1.82, 2.24) is 5.32 Å². The maximum atomic E-state index is 6.35. The van der Waals surface area contributed by atoms with E-state index in [1.165, 1.54) is 38.5 Å². The molecule has 1 N–H and O–H groups in total. The number of rotatable bonds is 8. The van der Waals surface area contributed by atoms with E-state index in [4.69, 9.17) is 32.7 Å². The van der Waals surface area contributed by atoms with Crippen LogP contribution in [0.1, 0.15) is 56.6 Å². The molecule has 0 unspecified atom stereocenters. The highest BCUT2D eigenvalue weighted by molar-refractivity contribution is 6.35. The molecular formula is C27H33Cl2NO2. The van der Waals surface area contributed by atoms with Crippen LogP contribution >= 0.6 is 23.2 Å². The van der Waals surface area contributed by atoms with Crippen LogP contribution in [0.15, 0.2) is 36.4 Å². The van der Waals surface area contributed by atoms with Gasteiger partial charge in [0.05, 0.1) is 7.11 Å². The lowest BCUT2D eigenvalue weighted by Crippen LogP contribution is -2.54. The van der Waals surface area contributed by atoms with E-state index in [-0.39, 0.29) is 0 Å². The van der Waals surface area contributed by atoms with Crippen LogP contribution in [0, 0.1) is 23.2 Å². The molecule has 0 aromatic heterocycles. The molecule has 1 atom stereocenters. The second-order valence-electron chi connectivity index (χ2n) is 10.4. The monoisotopic (exact) mass is 473 g/mol. The fourth-order valence-corrected chi connectivity index (χ4v) is 7.46. The first-order valence-electron chi connectivity index (χ1n) is 11.9. The summed E-state index contributed by atoms with van der Waals surface area (Å²) in [6.45, 7) is 3.54. The minimum atomic E-state index is 0.369. The van der Waals surface area contributed by atoms with Crippen molar-refractivity contribution in [3.05, 3.63) is 57.6 Å². The largest absolute Gasteiger partial charge is 0.493 e. The van der Waals surface area contributed by atoms with E-state index in [1.807, 2.05) is 24.3 Å². The summed E-state index contributed by atoms with van der Waals surface area (Å²) in [4.78, 5) is 0. The minimum Gasteiger partial charge on any atom is -0.493 e. The van der Waals surface area contributed by atoms with Gasteiger partial charge in [-0.15, -0.1) is 0 Å². The summed E-state index contributed by atoms with van der Waals surface area (Å²) in [5.74, 6) is 4.42. The molecule has 3 nitrogen and oxygen atoms in total. The number of para-hydroxylation sites is 1. The van der Waals surface area contributed by atoms with Crippen LogP contribution in [0.25, 0.3) is 0 Å². The first kappa shape index (κ1) is 22.4. The van der Waals surface area contributed by atoms with E-state index in [9.17, 15) is 0 Å². The fourth-order valence-electron chi connectivity index (χ4n) is 7.00. The standard InChI is InChI=1S/C27H33Cl2NO2/c1-17(27-12-18-8-19(13-27)10-20(9-18)14-27)30-15-21-4-3-5-25(31-2)26(21)32-16-22-6-7-23(28)11-24(22)29/h3-7,11,17-20,30H,8-10,12-16H2,1-2H3/t17-,18?,19?,20?,27?/m1/s1. The highest BCUT2D eigenvalue weighted by Gasteiger charge is 2.52. The van der Waals surface area contributed by atoms with Gasteiger partial charge in [0.15, 0.2) is 11.5 Å². The summed E-state index contributed by atoms with van der Waals surface area (Å²) in [5, 5.41) is 5.12. The minimum absolute atomic E-state index is 0.369. The number of methoxy groups -OCH3 is 1. The van der Waals surface area contributed by atoms with Crippen LogP contribution < -0.4 is 14.8 Å². The Labute approximate surface area is 201 Å². The van der Waals surface area contributed by atoms with E-state index in [1.54, 1.807) is 13.2 Å². The fraction of sp³-hybridized carbons (Fsp3) is 0.556. The van der Waals surface area contributed by atoms with E-state index in [0.29, 0.717) is 28.1 Å².